The van der Waals surface area contributed by atoms with Gasteiger partial charge in [0.1, 0.15) is 5.82 Å². The van der Waals surface area contributed by atoms with Gasteiger partial charge in [0.25, 0.3) is 0 Å². The molecule has 2 nitrogen and oxygen atoms in total. The van der Waals surface area contributed by atoms with E-state index in [0.29, 0.717) is 24.2 Å². The fraction of sp³-hybridized carbons (Fsp3) is 0.625. The van der Waals surface area contributed by atoms with Crippen LogP contribution in [0.3, 0.4) is 0 Å². The van der Waals surface area contributed by atoms with Gasteiger partial charge in [0.2, 0.25) is 0 Å². The lowest BCUT2D eigenvalue weighted by Crippen LogP contribution is -2.45. The second kappa shape index (κ2) is 6.02. The first kappa shape index (κ1) is 14.5. The van der Waals surface area contributed by atoms with Crippen LogP contribution in [0.15, 0.2) is 18.2 Å². The molecule has 0 aliphatic carbocycles. The molecule has 0 amide bonds. The Hall–Kier alpha value is -0.930. The fourth-order valence-corrected chi connectivity index (χ4v) is 3.01. The molecule has 1 saturated heterocycles. The van der Waals surface area contributed by atoms with Gasteiger partial charge in [-0.15, -0.1) is 0 Å². The summed E-state index contributed by atoms with van der Waals surface area (Å²) in [7, 11) is 0. The van der Waals surface area contributed by atoms with Crippen molar-refractivity contribution < 1.29 is 9.50 Å². The van der Waals surface area contributed by atoms with E-state index in [9.17, 15) is 9.50 Å². The van der Waals surface area contributed by atoms with Crippen molar-refractivity contribution in [1.82, 2.24) is 4.90 Å². The lowest BCUT2D eigenvalue weighted by Gasteiger charge is -2.40. The van der Waals surface area contributed by atoms with Crippen LogP contribution in [-0.2, 0) is 0 Å². The van der Waals surface area contributed by atoms with E-state index in [1.807, 2.05) is 0 Å². The summed E-state index contributed by atoms with van der Waals surface area (Å²) < 4.78 is 13.3. The Balaban J connectivity index is 2.07. The first-order valence-corrected chi connectivity index (χ1v) is 7.19. The molecule has 3 atom stereocenters. The highest BCUT2D eigenvalue weighted by Crippen LogP contribution is 2.26. The molecular weight excluding hydrogens is 241 g/mol. The molecular formula is C16H24FNO. The van der Waals surface area contributed by atoms with E-state index in [-0.39, 0.29) is 5.82 Å². The second-order valence-corrected chi connectivity index (χ2v) is 5.85. The number of likely N-dealkylation sites (tertiary alicyclic amines) is 1. The lowest BCUT2D eigenvalue weighted by molar-refractivity contribution is 0.0411. The number of rotatable bonds is 3. The number of piperidine rings is 1. The van der Waals surface area contributed by atoms with Crippen molar-refractivity contribution in [2.24, 2.45) is 0 Å². The Kier molecular flexibility index (Phi) is 4.58. The zero-order valence-electron chi connectivity index (χ0n) is 12.1. The van der Waals surface area contributed by atoms with Gasteiger partial charge in [-0.25, -0.2) is 4.39 Å². The van der Waals surface area contributed by atoms with Crippen LogP contribution < -0.4 is 0 Å². The monoisotopic (exact) mass is 265 g/mol. The Morgan fingerprint density at radius 3 is 2.53 bits per heavy atom. The summed E-state index contributed by atoms with van der Waals surface area (Å²) in [5, 5.41) is 10.4. The Morgan fingerprint density at radius 1 is 1.32 bits per heavy atom. The molecule has 106 valence electrons. The maximum absolute atomic E-state index is 13.3. The number of β-amino-alcohol motifs (C(OH)–C–C–N with tert-alkyl or cyclic N) is 1. The summed E-state index contributed by atoms with van der Waals surface area (Å²) in [5.41, 5.74) is 1.40. The van der Waals surface area contributed by atoms with Crippen LogP contribution in [-0.4, -0.2) is 28.6 Å². The van der Waals surface area contributed by atoms with E-state index in [2.05, 4.69) is 18.7 Å². The number of nitrogens with zero attached hydrogens (tertiary/aromatic N) is 1. The summed E-state index contributed by atoms with van der Waals surface area (Å²) in [5.74, 6) is -0.212. The van der Waals surface area contributed by atoms with Crippen molar-refractivity contribution in [3.63, 3.8) is 0 Å². The molecule has 3 unspecified atom stereocenters. The van der Waals surface area contributed by atoms with Gasteiger partial charge in [-0.3, -0.25) is 4.90 Å². The smallest absolute Gasteiger partial charge is 0.126 e. The summed E-state index contributed by atoms with van der Waals surface area (Å²) in [6.45, 7) is 6.81. The summed E-state index contributed by atoms with van der Waals surface area (Å²) in [4.78, 5) is 2.37. The summed E-state index contributed by atoms with van der Waals surface area (Å²) in [6.07, 6.45) is 3.12. The SMILES string of the molecule is Cc1cc(C(O)CN2C(C)CCCC2C)ccc1F. The zero-order valence-corrected chi connectivity index (χ0v) is 12.1. The lowest BCUT2D eigenvalue weighted by atomic mass is 9.96. The van der Waals surface area contributed by atoms with Crippen LogP contribution in [0.4, 0.5) is 4.39 Å². The van der Waals surface area contributed by atoms with Crippen LogP contribution in [0.5, 0.6) is 0 Å². The van der Waals surface area contributed by atoms with Crippen molar-refractivity contribution in [2.75, 3.05) is 6.54 Å². The summed E-state index contributed by atoms with van der Waals surface area (Å²) in [6, 6.07) is 5.91. The highest BCUT2D eigenvalue weighted by molar-refractivity contribution is 5.25. The number of hydrogen-bond acceptors (Lipinski definition) is 2. The Bertz CT molecular complexity index is 425. The molecule has 1 N–H and O–H groups in total. The van der Waals surface area contributed by atoms with E-state index in [4.69, 9.17) is 0 Å². The molecule has 19 heavy (non-hydrogen) atoms. The minimum atomic E-state index is -0.540. The predicted molar refractivity (Wildman–Crippen MR) is 75.6 cm³/mol. The molecule has 1 aromatic carbocycles. The number of aryl methyl sites for hydroxylation is 1. The third-order valence-corrected chi connectivity index (χ3v) is 4.33. The molecule has 0 aromatic heterocycles. The van der Waals surface area contributed by atoms with Crippen LogP contribution in [0.25, 0.3) is 0 Å². The van der Waals surface area contributed by atoms with Crippen molar-refractivity contribution in [3.8, 4) is 0 Å². The zero-order chi connectivity index (χ0) is 14.0. The molecule has 1 heterocycles. The van der Waals surface area contributed by atoms with Gasteiger partial charge >= 0.3 is 0 Å². The minimum Gasteiger partial charge on any atom is -0.387 e. The van der Waals surface area contributed by atoms with Gasteiger partial charge in [-0.05, 0) is 50.8 Å². The molecule has 1 aromatic rings. The van der Waals surface area contributed by atoms with Gasteiger partial charge in [0.15, 0.2) is 0 Å². The Morgan fingerprint density at radius 2 is 1.95 bits per heavy atom. The average molecular weight is 265 g/mol. The average Bonchev–Trinajstić information content (AvgIpc) is 2.37. The molecule has 0 saturated carbocycles. The van der Waals surface area contributed by atoms with Crippen molar-refractivity contribution in [3.05, 3.63) is 35.1 Å². The number of halogens is 1. The highest BCUT2D eigenvalue weighted by atomic mass is 19.1. The quantitative estimate of drug-likeness (QED) is 0.905. The van der Waals surface area contributed by atoms with Gasteiger partial charge in [0, 0.05) is 18.6 Å². The normalized spacial score (nSPS) is 26.4. The van der Waals surface area contributed by atoms with Gasteiger partial charge in [-0.2, -0.15) is 0 Å². The molecule has 1 fully saturated rings. The number of aliphatic hydroxyl groups excluding tert-OH is 1. The number of aliphatic hydroxyl groups is 1. The standard InChI is InChI=1S/C16H24FNO/c1-11-9-14(7-8-15(11)17)16(19)10-18-12(2)5-4-6-13(18)3/h7-9,12-13,16,19H,4-6,10H2,1-3H3. The van der Waals surface area contributed by atoms with Crippen LogP contribution in [0.1, 0.15) is 50.3 Å². The number of hydrogen-bond donors (Lipinski definition) is 1. The van der Waals surface area contributed by atoms with Gasteiger partial charge < -0.3 is 5.11 Å². The van der Waals surface area contributed by atoms with Crippen molar-refractivity contribution in [2.45, 2.75) is 58.2 Å². The van der Waals surface area contributed by atoms with E-state index >= 15 is 0 Å². The summed E-state index contributed by atoms with van der Waals surface area (Å²) >= 11 is 0. The third kappa shape index (κ3) is 3.34. The molecule has 1 aliphatic rings. The van der Waals surface area contributed by atoms with E-state index < -0.39 is 6.10 Å². The van der Waals surface area contributed by atoms with Crippen molar-refractivity contribution >= 4 is 0 Å². The van der Waals surface area contributed by atoms with Gasteiger partial charge in [0.05, 0.1) is 6.10 Å². The van der Waals surface area contributed by atoms with E-state index in [0.717, 1.165) is 5.56 Å². The largest absolute Gasteiger partial charge is 0.387 e. The topological polar surface area (TPSA) is 23.5 Å². The van der Waals surface area contributed by atoms with Crippen LogP contribution in [0.2, 0.25) is 0 Å². The Labute approximate surface area is 115 Å². The molecule has 0 bridgehead atoms. The first-order valence-electron chi connectivity index (χ1n) is 7.19. The van der Waals surface area contributed by atoms with Crippen LogP contribution in [0, 0.1) is 12.7 Å². The van der Waals surface area contributed by atoms with E-state index in [1.165, 1.54) is 25.3 Å². The maximum atomic E-state index is 13.3. The molecule has 0 radical (unpaired) electrons. The third-order valence-electron chi connectivity index (χ3n) is 4.33. The first-order chi connectivity index (χ1) is 8.99. The maximum Gasteiger partial charge on any atom is 0.126 e. The minimum absolute atomic E-state index is 0.212. The van der Waals surface area contributed by atoms with Gasteiger partial charge in [-0.1, -0.05) is 18.6 Å². The highest BCUT2D eigenvalue weighted by Gasteiger charge is 2.26. The number of benzene rings is 1. The van der Waals surface area contributed by atoms with E-state index in [1.54, 1.807) is 19.1 Å². The molecule has 3 heteroatoms. The second-order valence-electron chi connectivity index (χ2n) is 5.85. The molecule has 2 rings (SSSR count). The molecule has 1 aliphatic heterocycles. The predicted octanol–water partition coefficient (Wildman–Crippen LogP) is 3.43. The van der Waals surface area contributed by atoms with Crippen molar-refractivity contribution in [1.29, 1.82) is 0 Å². The van der Waals surface area contributed by atoms with Crippen LogP contribution >= 0.6 is 0 Å². The fourth-order valence-electron chi connectivity index (χ4n) is 3.01. The molecule has 0 spiro atoms.